The average molecular weight is 282 g/mol. The molecule has 0 spiro atoms. The number of ether oxygens (including phenoxy) is 1. The SMILES string of the molecule is COC(CN)CC(=O)NC1(c2noc(C)n2)CCCC1. The molecule has 0 aromatic carbocycles. The zero-order chi connectivity index (χ0) is 14.6. The molecule has 0 bridgehead atoms. The van der Waals surface area contributed by atoms with Crippen molar-refractivity contribution < 1.29 is 14.1 Å². The van der Waals surface area contributed by atoms with Gasteiger partial charge in [0.05, 0.1) is 12.5 Å². The minimum absolute atomic E-state index is 0.0911. The summed E-state index contributed by atoms with van der Waals surface area (Å²) in [6.45, 7) is 2.06. The number of aryl methyl sites for hydroxylation is 1. The third-order valence-corrected chi connectivity index (χ3v) is 3.80. The van der Waals surface area contributed by atoms with Crippen molar-refractivity contribution in [1.82, 2.24) is 15.5 Å². The number of hydrogen-bond donors (Lipinski definition) is 2. The highest BCUT2D eigenvalue weighted by atomic mass is 16.5. The van der Waals surface area contributed by atoms with Gasteiger partial charge in [-0.2, -0.15) is 4.98 Å². The van der Waals surface area contributed by atoms with Crippen molar-refractivity contribution in [3.05, 3.63) is 11.7 Å². The Kier molecular flexibility index (Phi) is 4.72. The van der Waals surface area contributed by atoms with E-state index in [9.17, 15) is 4.79 Å². The molecule has 1 aromatic heterocycles. The van der Waals surface area contributed by atoms with E-state index in [1.54, 1.807) is 14.0 Å². The molecule has 112 valence electrons. The smallest absolute Gasteiger partial charge is 0.223 e. The van der Waals surface area contributed by atoms with Crippen LogP contribution >= 0.6 is 0 Å². The molecular formula is C13H22N4O3. The van der Waals surface area contributed by atoms with Crippen LogP contribution in [0.5, 0.6) is 0 Å². The highest BCUT2D eigenvalue weighted by Crippen LogP contribution is 2.37. The maximum absolute atomic E-state index is 12.2. The molecule has 1 aliphatic carbocycles. The Labute approximate surface area is 118 Å². The summed E-state index contributed by atoms with van der Waals surface area (Å²) in [7, 11) is 1.55. The number of nitrogens with zero attached hydrogens (tertiary/aromatic N) is 2. The van der Waals surface area contributed by atoms with E-state index in [-0.39, 0.29) is 18.4 Å². The van der Waals surface area contributed by atoms with Crippen molar-refractivity contribution in [3.63, 3.8) is 0 Å². The lowest BCUT2D eigenvalue weighted by atomic mass is 9.96. The number of amides is 1. The molecule has 1 atom stereocenters. The quantitative estimate of drug-likeness (QED) is 0.793. The van der Waals surface area contributed by atoms with Crippen LogP contribution in [0.15, 0.2) is 4.52 Å². The molecule has 1 heterocycles. The number of rotatable bonds is 6. The standard InChI is InChI=1S/C13H22N4O3/c1-9-15-12(17-20-9)13(5-3-4-6-13)16-11(18)7-10(8-14)19-2/h10H,3-8,14H2,1-2H3,(H,16,18). The van der Waals surface area contributed by atoms with Crippen LogP contribution in [0, 0.1) is 6.92 Å². The molecular weight excluding hydrogens is 260 g/mol. The Morgan fingerprint density at radius 1 is 1.55 bits per heavy atom. The molecule has 1 amide bonds. The van der Waals surface area contributed by atoms with Gasteiger partial charge in [0.1, 0.15) is 5.54 Å². The number of hydrogen-bond acceptors (Lipinski definition) is 6. The fourth-order valence-electron chi connectivity index (χ4n) is 2.66. The second-order valence-electron chi connectivity index (χ2n) is 5.27. The van der Waals surface area contributed by atoms with Crippen molar-refractivity contribution in [3.8, 4) is 0 Å². The van der Waals surface area contributed by atoms with Crippen LogP contribution in [0.4, 0.5) is 0 Å². The second-order valence-corrected chi connectivity index (χ2v) is 5.27. The Balaban J connectivity index is 2.08. The van der Waals surface area contributed by atoms with E-state index < -0.39 is 5.54 Å². The molecule has 1 aliphatic rings. The van der Waals surface area contributed by atoms with E-state index in [0.29, 0.717) is 18.3 Å². The van der Waals surface area contributed by atoms with Gasteiger partial charge in [0, 0.05) is 20.6 Å². The number of methoxy groups -OCH3 is 1. The lowest BCUT2D eigenvalue weighted by Crippen LogP contribution is -2.46. The lowest BCUT2D eigenvalue weighted by Gasteiger charge is -2.27. The maximum atomic E-state index is 12.2. The van der Waals surface area contributed by atoms with Crippen LogP contribution in [0.1, 0.15) is 43.8 Å². The Morgan fingerprint density at radius 3 is 2.75 bits per heavy atom. The molecule has 0 radical (unpaired) electrons. The van der Waals surface area contributed by atoms with Gasteiger partial charge in [0.15, 0.2) is 5.82 Å². The van der Waals surface area contributed by atoms with Crippen LogP contribution < -0.4 is 11.1 Å². The summed E-state index contributed by atoms with van der Waals surface area (Å²) in [6, 6.07) is 0. The summed E-state index contributed by atoms with van der Waals surface area (Å²) in [6.07, 6.45) is 3.72. The number of nitrogens with one attached hydrogen (secondary N) is 1. The van der Waals surface area contributed by atoms with E-state index in [2.05, 4.69) is 15.5 Å². The van der Waals surface area contributed by atoms with E-state index in [0.717, 1.165) is 25.7 Å². The largest absolute Gasteiger partial charge is 0.380 e. The molecule has 3 N–H and O–H groups in total. The van der Waals surface area contributed by atoms with Gasteiger partial charge in [-0.3, -0.25) is 4.79 Å². The third-order valence-electron chi connectivity index (χ3n) is 3.80. The van der Waals surface area contributed by atoms with Crippen molar-refractivity contribution >= 4 is 5.91 Å². The van der Waals surface area contributed by atoms with Gasteiger partial charge >= 0.3 is 0 Å². The molecule has 1 unspecified atom stereocenters. The lowest BCUT2D eigenvalue weighted by molar-refractivity contribution is -0.125. The van der Waals surface area contributed by atoms with Crippen molar-refractivity contribution in [1.29, 1.82) is 0 Å². The summed E-state index contributed by atoms with van der Waals surface area (Å²) in [5.74, 6) is 0.992. The number of carbonyl (C=O) groups is 1. The fraction of sp³-hybridized carbons (Fsp3) is 0.769. The van der Waals surface area contributed by atoms with Gasteiger partial charge in [0.25, 0.3) is 0 Å². The molecule has 1 saturated carbocycles. The third kappa shape index (κ3) is 3.16. The Hall–Kier alpha value is -1.47. The first kappa shape index (κ1) is 14.9. The van der Waals surface area contributed by atoms with Crippen LogP contribution in [0.2, 0.25) is 0 Å². The van der Waals surface area contributed by atoms with E-state index in [4.69, 9.17) is 15.0 Å². The Morgan fingerprint density at radius 2 is 2.25 bits per heavy atom. The zero-order valence-electron chi connectivity index (χ0n) is 12.0. The minimum atomic E-state index is -0.498. The number of nitrogens with two attached hydrogens (primary N) is 1. The topological polar surface area (TPSA) is 103 Å². The first-order chi connectivity index (χ1) is 9.59. The van der Waals surface area contributed by atoms with Gasteiger partial charge < -0.3 is 20.3 Å². The van der Waals surface area contributed by atoms with E-state index in [1.165, 1.54) is 0 Å². The Bertz CT molecular complexity index is 450. The molecule has 2 rings (SSSR count). The van der Waals surface area contributed by atoms with Gasteiger partial charge in [-0.1, -0.05) is 18.0 Å². The zero-order valence-corrected chi connectivity index (χ0v) is 12.0. The minimum Gasteiger partial charge on any atom is -0.380 e. The van der Waals surface area contributed by atoms with Crippen LogP contribution in [-0.2, 0) is 15.1 Å². The average Bonchev–Trinajstić information content (AvgIpc) is 3.06. The van der Waals surface area contributed by atoms with Gasteiger partial charge in [0.2, 0.25) is 11.8 Å². The van der Waals surface area contributed by atoms with E-state index in [1.807, 2.05) is 0 Å². The van der Waals surface area contributed by atoms with Crippen molar-refractivity contribution in [2.45, 2.75) is 50.7 Å². The summed E-state index contributed by atoms with van der Waals surface area (Å²) >= 11 is 0. The van der Waals surface area contributed by atoms with Gasteiger partial charge in [-0.15, -0.1) is 0 Å². The molecule has 0 saturated heterocycles. The highest BCUT2D eigenvalue weighted by Gasteiger charge is 2.41. The highest BCUT2D eigenvalue weighted by molar-refractivity contribution is 5.77. The predicted octanol–water partition coefficient (Wildman–Crippen LogP) is 0.627. The maximum Gasteiger partial charge on any atom is 0.223 e. The first-order valence-electron chi connectivity index (χ1n) is 6.94. The molecule has 20 heavy (non-hydrogen) atoms. The molecule has 1 aromatic rings. The molecule has 7 nitrogen and oxygen atoms in total. The molecule has 7 heteroatoms. The van der Waals surface area contributed by atoms with Crippen molar-refractivity contribution in [2.24, 2.45) is 5.73 Å². The van der Waals surface area contributed by atoms with E-state index >= 15 is 0 Å². The van der Waals surface area contributed by atoms with Gasteiger partial charge in [-0.05, 0) is 12.8 Å². The normalized spacial score (nSPS) is 18.9. The van der Waals surface area contributed by atoms with Crippen LogP contribution in [-0.4, -0.2) is 35.8 Å². The molecule has 1 fully saturated rings. The summed E-state index contributed by atoms with van der Waals surface area (Å²) in [5.41, 5.74) is 5.04. The number of aromatic nitrogens is 2. The van der Waals surface area contributed by atoms with Crippen LogP contribution in [0.25, 0.3) is 0 Å². The van der Waals surface area contributed by atoms with Crippen molar-refractivity contribution in [2.75, 3.05) is 13.7 Å². The fourth-order valence-corrected chi connectivity index (χ4v) is 2.66. The summed E-state index contributed by atoms with van der Waals surface area (Å²) < 4.78 is 10.2. The first-order valence-corrected chi connectivity index (χ1v) is 6.94. The summed E-state index contributed by atoms with van der Waals surface area (Å²) in [4.78, 5) is 16.5. The summed E-state index contributed by atoms with van der Waals surface area (Å²) in [5, 5.41) is 7.05. The number of carbonyl (C=O) groups excluding carboxylic acids is 1. The monoisotopic (exact) mass is 282 g/mol. The van der Waals surface area contributed by atoms with Gasteiger partial charge in [-0.25, -0.2) is 0 Å². The van der Waals surface area contributed by atoms with Crippen LogP contribution in [0.3, 0.4) is 0 Å². The predicted molar refractivity (Wildman–Crippen MR) is 71.8 cm³/mol. The second kappa shape index (κ2) is 6.32. The molecule has 0 aliphatic heterocycles.